The number of nitrogens with zero attached hydrogens (tertiary/aromatic N) is 2. The molecular weight excluding hydrogens is 394 g/mol. The first-order valence-electron chi connectivity index (χ1n) is 10.1. The van der Waals surface area contributed by atoms with Crippen molar-refractivity contribution in [2.24, 2.45) is 23.2 Å². The minimum Gasteiger partial charge on any atom is -0.411 e. The van der Waals surface area contributed by atoms with Crippen molar-refractivity contribution in [3.63, 3.8) is 0 Å². The lowest BCUT2D eigenvalue weighted by Gasteiger charge is -2.56. The maximum atomic E-state index is 12.4. The molecule has 0 unspecified atom stereocenters. The van der Waals surface area contributed by atoms with Gasteiger partial charge >= 0.3 is 0 Å². The van der Waals surface area contributed by atoms with Crippen molar-refractivity contribution in [2.75, 3.05) is 12.3 Å². The standard InChI is InChI=1S/C21H24ClN3O2S/c22-17-3-1-2-16(7-17)19-24-25-20(27-19)28-11-18(26)23-12-21-8-13-4-14(9-21)6-15(5-13)10-21/h1-3,7,13-15H,4-6,8-12H2,(H,23,26). The van der Waals surface area contributed by atoms with Gasteiger partial charge in [0.15, 0.2) is 0 Å². The van der Waals surface area contributed by atoms with Crippen LogP contribution in [0.15, 0.2) is 33.9 Å². The second kappa shape index (κ2) is 7.38. The summed E-state index contributed by atoms with van der Waals surface area (Å²) in [4.78, 5) is 12.4. The number of hydrogen-bond donors (Lipinski definition) is 1. The van der Waals surface area contributed by atoms with Crippen molar-refractivity contribution in [3.8, 4) is 11.5 Å². The van der Waals surface area contributed by atoms with Crippen LogP contribution in [0.25, 0.3) is 11.5 Å². The summed E-state index contributed by atoms with van der Waals surface area (Å²) in [5, 5.41) is 12.3. The van der Waals surface area contributed by atoms with Gasteiger partial charge in [-0.1, -0.05) is 29.4 Å². The predicted molar refractivity (Wildman–Crippen MR) is 109 cm³/mol. The van der Waals surface area contributed by atoms with Gasteiger partial charge in [-0.2, -0.15) is 0 Å². The van der Waals surface area contributed by atoms with Crippen molar-refractivity contribution in [2.45, 2.75) is 43.7 Å². The third kappa shape index (κ3) is 3.81. The third-order valence-electron chi connectivity index (χ3n) is 6.63. The number of halogens is 1. The van der Waals surface area contributed by atoms with Gasteiger partial charge in [-0.25, -0.2) is 0 Å². The molecule has 4 aliphatic rings. The van der Waals surface area contributed by atoms with Gasteiger partial charge < -0.3 is 9.73 Å². The van der Waals surface area contributed by atoms with Crippen molar-refractivity contribution in [1.82, 2.24) is 15.5 Å². The van der Waals surface area contributed by atoms with E-state index in [-0.39, 0.29) is 5.91 Å². The number of amides is 1. The molecule has 4 bridgehead atoms. The second-order valence-electron chi connectivity index (χ2n) is 8.87. The van der Waals surface area contributed by atoms with Gasteiger partial charge in [-0.05, 0) is 79.9 Å². The number of hydrogen-bond acceptors (Lipinski definition) is 5. The third-order valence-corrected chi connectivity index (χ3v) is 7.68. The fraction of sp³-hybridized carbons (Fsp3) is 0.571. The van der Waals surface area contributed by atoms with Crippen LogP contribution in [0.5, 0.6) is 0 Å². The lowest BCUT2D eigenvalue weighted by Crippen LogP contribution is -2.51. The molecule has 1 aromatic carbocycles. The molecule has 1 heterocycles. The van der Waals surface area contributed by atoms with Crippen molar-refractivity contribution in [1.29, 1.82) is 0 Å². The average molecular weight is 418 g/mol. The average Bonchev–Trinajstić information content (AvgIpc) is 3.13. The Morgan fingerprint density at radius 2 is 1.89 bits per heavy atom. The Morgan fingerprint density at radius 3 is 2.57 bits per heavy atom. The van der Waals surface area contributed by atoms with Gasteiger partial charge in [0.05, 0.1) is 5.75 Å². The van der Waals surface area contributed by atoms with E-state index in [1.807, 2.05) is 12.1 Å². The summed E-state index contributed by atoms with van der Waals surface area (Å²) in [6.07, 6.45) is 8.19. The first-order chi connectivity index (χ1) is 13.6. The van der Waals surface area contributed by atoms with Crippen molar-refractivity contribution in [3.05, 3.63) is 29.3 Å². The molecule has 28 heavy (non-hydrogen) atoms. The minimum atomic E-state index is 0.0447. The van der Waals surface area contributed by atoms with E-state index < -0.39 is 0 Å². The number of carbonyl (C=O) groups is 1. The van der Waals surface area contributed by atoms with Gasteiger partial charge in [0.1, 0.15) is 0 Å². The van der Waals surface area contributed by atoms with Crippen LogP contribution in [0.2, 0.25) is 5.02 Å². The van der Waals surface area contributed by atoms with E-state index in [2.05, 4.69) is 15.5 Å². The van der Waals surface area contributed by atoms with Crippen LogP contribution in [-0.4, -0.2) is 28.4 Å². The lowest BCUT2D eigenvalue weighted by atomic mass is 9.49. The monoisotopic (exact) mass is 417 g/mol. The largest absolute Gasteiger partial charge is 0.411 e. The number of aromatic nitrogens is 2. The molecule has 4 aliphatic carbocycles. The Labute approximate surface area is 174 Å². The summed E-state index contributed by atoms with van der Waals surface area (Å²) in [5.41, 5.74) is 1.14. The Morgan fingerprint density at radius 1 is 1.18 bits per heavy atom. The molecule has 148 valence electrons. The van der Waals surface area contributed by atoms with E-state index in [0.717, 1.165) is 29.9 Å². The predicted octanol–water partition coefficient (Wildman–Crippen LogP) is 4.81. The quantitative estimate of drug-likeness (QED) is 0.682. The zero-order valence-corrected chi connectivity index (χ0v) is 17.3. The molecule has 0 spiro atoms. The zero-order chi connectivity index (χ0) is 19.1. The van der Waals surface area contributed by atoms with Crippen LogP contribution in [0, 0.1) is 23.2 Å². The van der Waals surface area contributed by atoms with Gasteiger partial charge in [0.2, 0.25) is 11.8 Å². The fourth-order valence-electron chi connectivity index (χ4n) is 5.98. The molecule has 4 fully saturated rings. The molecule has 2 aromatic rings. The van der Waals surface area contributed by atoms with Gasteiger partial charge in [0, 0.05) is 17.1 Å². The summed E-state index contributed by atoms with van der Waals surface area (Å²) < 4.78 is 5.66. The summed E-state index contributed by atoms with van der Waals surface area (Å²) in [7, 11) is 0. The van der Waals surface area contributed by atoms with Crippen LogP contribution in [0.1, 0.15) is 38.5 Å². The first-order valence-corrected chi connectivity index (χ1v) is 11.4. The zero-order valence-electron chi connectivity index (χ0n) is 15.7. The Kier molecular flexibility index (Phi) is 4.87. The molecule has 7 heteroatoms. The molecule has 6 rings (SSSR count). The molecule has 1 N–H and O–H groups in total. The molecular formula is C21H24ClN3O2S. The fourth-order valence-corrected chi connectivity index (χ4v) is 6.76. The molecule has 5 nitrogen and oxygen atoms in total. The van der Waals surface area contributed by atoms with E-state index in [0.29, 0.717) is 27.3 Å². The number of thioether (sulfide) groups is 1. The molecule has 4 saturated carbocycles. The summed E-state index contributed by atoms with van der Waals surface area (Å²) in [5.74, 6) is 3.47. The first kappa shape index (κ1) is 18.5. The highest BCUT2D eigenvalue weighted by atomic mass is 35.5. The van der Waals surface area contributed by atoms with Gasteiger partial charge in [-0.3, -0.25) is 4.79 Å². The molecule has 1 aromatic heterocycles. The Balaban J connectivity index is 1.13. The summed E-state index contributed by atoms with van der Waals surface area (Å²) in [6, 6.07) is 7.28. The highest BCUT2D eigenvalue weighted by molar-refractivity contribution is 7.99. The molecule has 0 saturated heterocycles. The minimum absolute atomic E-state index is 0.0447. The maximum absolute atomic E-state index is 12.4. The second-order valence-corrected chi connectivity index (χ2v) is 10.2. The Bertz CT molecular complexity index is 849. The highest BCUT2D eigenvalue weighted by Gasteiger charge is 2.50. The summed E-state index contributed by atoms with van der Waals surface area (Å²) >= 11 is 7.28. The molecule has 0 atom stereocenters. The maximum Gasteiger partial charge on any atom is 0.277 e. The normalized spacial score (nSPS) is 30.5. The number of rotatable bonds is 6. The lowest BCUT2D eigenvalue weighted by molar-refractivity contribution is -0.120. The molecule has 1 amide bonds. The van der Waals surface area contributed by atoms with Crippen LogP contribution in [0.3, 0.4) is 0 Å². The smallest absolute Gasteiger partial charge is 0.277 e. The van der Waals surface area contributed by atoms with Crippen LogP contribution in [0.4, 0.5) is 0 Å². The SMILES string of the molecule is O=C(CSc1nnc(-c2cccc(Cl)c2)o1)NCC12CC3CC(CC(C3)C1)C2. The van der Waals surface area contributed by atoms with Crippen LogP contribution >= 0.6 is 23.4 Å². The highest BCUT2D eigenvalue weighted by Crippen LogP contribution is 2.59. The van der Waals surface area contributed by atoms with E-state index in [9.17, 15) is 4.79 Å². The molecule has 0 radical (unpaired) electrons. The topological polar surface area (TPSA) is 68.0 Å². The number of carbonyl (C=O) groups excluding carboxylic acids is 1. The van der Waals surface area contributed by atoms with Crippen molar-refractivity contribution >= 4 is 29.3 Å². The van der Waals surface area contributed by atoms with E-state index in [1.54, 1.807) is 12.1 Å². The van der Waals surface area contributed by atoms with Crippen molar-refractivity contribution < 1.29 is 9.21 Å². The van der Waals surface area contributed by atoms with Gasteiger partial charge in [0.25, 0.3) is 5.22 Å². The Hall–Kier alpha value is -1.53. The van der Waals surface area contributed by atoms with Crippen LogP contribution in [-0.2, 0) is 4.79 Å². The van der Waals surface area contributed by atoms with Gasteiger partial charge in [-0.15, -0.1) is 10.2 Å². The van der Waals surface area contributed by atoms with E-state index >= 15 is 0 Å². The molecule has 0 aliphatic heterocycles. The number of benzene rings is 1. The van der Waals surface area contributed by atoms with E-state index in [1.165, 1.54) is 50.3 Å². The van der Waals surface area contributed by atoms with Crippen LogP contribution < -0.4 is 5.32 Å². The van der Waals surface area contributed by atoms with E-state index in [4.69, 9.17) is 16.0 Å². The number of nitrogens with one attached hydrogen (secondary N) is 1. The summed E-state index contributed by atoms with van der Waals surface area (Å²) in [6.45, 7) is 0.827.